The van der Waals surface area contributed by atoms with E-state index in [1.54, 1.807) is 0 Å². The summed E-state index contributed by atoms with van der Waals surface area (Å²) in [6, 6.07) is 1.18. The first kappa shape index (κ1) is 9.91. The Balaban J connectivity index is 3.19. The molecule has 0 aliphatic rings. The molecule has 0 aliphatic carbocycles. The first-order chi connectivity index (χ1) is 5.41. The van der Waals surface area contributed by atoms with Gasteiger partial charge in [0, 0.05) is 0 Å². The Morgan fingerprint density at radius 1 is 1.42 bits per heavy atom. The van der Waals surface area contributed by atoms with Crippen LogP contribution in [0.25, 0.3) is 0 Å². The maximum absolute atomic E-state index is 12.1. The third-order valence-electron chi connectivity index (χ3n) is 1.38. The number of hydrogen-bond acceptors (Lipinski definition) is 1. The Labute approximate surface area is 81.1 Å². The fourth-order valence-electron chi connectivity index (χ4n) is 0.818. The van der Waals surface area contributed by atoms with Crippen LogP contribution in [0.1, 0.15) is 5.56 Å². The predicted octanol–water partition coefficient (Wildman–Crippen LogP) is 1.55. The van der Waals surface area contributed by atoms with Gasteiger partial charge in [0.2, 0.25) is 0 Å². The molecule has 0 fully saturated rings. The first-order valence-electron chi connectivity index (χ1n) is 3.10. The number of hydrogen-bond donors (Lipinski definition) is 0. The van der Waals surface area contributed by atoms with Crippen molar-refractivity contribution in [1.82, 2.24) is 4.98 Å². The third kappa shape index (κ3) is 2.16. The molecule has 1 rings (SSSR count). The van der Waals surface area contributed by atoms with Crippen LogP contribution in [-0.4, -0.2) is 22.7 Å². The maximum atomic E-state index is 12.1. The van der Waals surface area contributed by atoms with Crippen molar-refractivity contribution in [2.24, 2.45) is 0 Å². The van der Waals surface area contributed by atoms with Gasteiger partial charge in [-0.25, -0.2) is 0 Å². The molecule has 60 valence electrons. The van der Waals surface area contributed by atoms with Gasteiger partial charge in [0.1, 0.15) is 0 Å². The van der Waals surface area contributed by atoms with Crippen LogP contribution in [0.2, 0.25) is 5.15 Å². The number of nitrogens with zero attached hydrogens (tertiary/aromatic N) is 1. The van der Waals surface area contributed by atoms with Crippen molar-refractivity contribution in [3.05, 3.63) is 23.0 Å². The summed E-state index contributed by atoms with van der Waals surface area (Å²) in [6.07, 6.45) is -3.61. The molecule has 0 saturated carbocycles. The standard InChI is InChI=1S/C6H2ClF3N.Li/c7-5-2-1-4(3-11-5)6(8,9)10;/h2-3H;. The number of alkyl halides is 3. The minimum atomic E-state index is -4.35. The topological polar surface area (TPSA) is 12.9 Å². The van der Waals surface area contributed by atoms with E-state index >= 15 is 0 Å². The zero-order chi connectivity index (χ0) is 9.35. The number of aromatic nitrogens is 1. The summed E-state index contributed by atoms with van der Waals surface area (Å²) in [5.74, 6) is 0. The molecule has 0 N–H and O–H groups in total. The molecule has 0 radical (unpaired) electrons. The summed E-state index contributed by atoms with van der Waals surface area (Å²) < 4.78 is 36.4. The molecule has 0 aliphatic heterocycles. The molecule has 1 aromatic heterocycles. The molecule has 0 aromatic carbocycles. The van der Waals surface area contributed by atoms with Crippen molar-refractivity contribution in [2.45, 2.75) is 6.18 Å². The molecule has 1 heterocycles. The number of pyridine rings is 1. The fraction of sp³-hybridized carbons (Fsp3) is 0.167. The van der Waals surface area contributed by atoms with E-state index in [1.807, 2.05) is 0 Å². The second-order valence-corrected chi connectivity index (χ2v) is 2.71. The summed E-state index contributed by atoms with van der Waals surface area (Å²) in [4.78, 5) is 3.35. The molecule has 1 aromatic rings. The van der Waals surface area contributed by atoms with Gasteiger partial charge in [-0.1, -0.05) is 0 Å². The molecular weight excluding hydrogens is 185 g/mol. The van der Waals surface area contributed by atoms with Crippen LogP contribution in [0, 0.1) is 0 Å². The van der Waals surface area contributed by atoms with E-state index in [9.17, 15) is 13.2 Å². The second kappa shape index (κ2) is 3.29. The summed E-state index contributed by atoms with van der Waals surface area (Å²) in [5.41, 5.74) is -0.744. The summed E-state index contributed by atoms with van der Waals surface area (Å²) >= 11 is 6.73. The Bertz CT molecular complexity index is 299. The Morgan fingerprint density at radius 2 is 2.00 bits per heavy atom. The van der Waals surface area contributed by atoms with Gasteiger partial charge < -0.3 is 0 Å². The normalized spacial score (nSPS) is 11.8. The Kier molecular flexibility index (Phi) is 2.72. The van der Waals surface area contributed by atoms with E-state index in [2.05, 4.69) is 4.98 Å². The SMILES string of the molecule is [Li][c]1cc(Cl)ncc1C(F)(F)F. The van der Waals surface area contributed by atoms with E-state index in [0.717, 1.165) is 6.20 Å². The van der Waals surface area contributed by atoms with Crippen LogP contribution >= 0.6 is 11.6 Å². The molecule has 0 bridgehead atoms. The van der Waals surface area contributed by atoms with Crippen molar-refractivity contribution < 1.29 is 13.2 Å². The average Bonchev–Trinajstić information content (AvgIpc) is 1.83. The second-order valence-electron chi connectivity index (χ2n) is 2.32. The van der Waals surface area contributed by atoms with Gasteiger partial charge in [-0.15, -0.1) is 0 Å². The minimum absolute atomic E-state index is 0.0699. The van der Waals surface area contributed by atoms with E-state index in [1.165, 1.54) is 23.8 Å². The van der Waals surface area contributed by atoms with E-state index < -0.39 is 11.7 Å². The van der Waals surface area contributed by atoms with Crippen LogP contribution in [0.4, 0.5) is 13.2 Å². The van der Waals surface area contributed by atoms with Gasteiger partial charge >= 0.3 is 80.9 Å². The van der Waals surface area contributed by atoms with Crippen LogP contribution in [0.3, 0.4) is 0 Å². The predicted molar refractivity (Wildman–Crippen MR) is 39.6 cm³/mol. The first-order valence-corrected chi connectivity index (χ1v) is 3.48. The Hall–Kier alpha value is -0.173. The van der Waals surface area contributed by atoms with Crippen molar-refractivity contribution >= 4 is 33.6 Å². The molecule has 0 amide bonds. The van der Waals surface area contributed by atoms with Crippen LogP contribution in [-0.2, 0) is 6.18 Å². The summed E-state index contributed by atoms with van der Waals surface area (Å²) in [6.45, 7) is 0. The van der Waals surface area contributed by atoms with Crippen molar-refractivity contribution in [3.63, 3.8) is 0 Å². The van der Waals surface area contributed by atoms with Crippen LogP contribution in [0.15, 0.2) is 12.3 Å². The van der Waals surface area contributed by atoms with E-state index in [4.69, 9.17) is 11.6 Å². The number of rotatable bonds is 0. The monoisotopic (exact) mass is 187 g/mol. The van der Waals surface area contributed by atoms with Crippen LogP contribution in [0.5, 0.6) is 0 Å². The van der Waals surface area contributed by atoms with E-state index in [-0.39, 0.29) is 9.39 Å². The quantitative estimate of drug-likeness (QED) is 0.444. The van der Waals surface area contributed by atoms with Gasteiger partial charge in [-0.2, -0.15) is 0 Å². The molecule has 12 heavy (non-hydrogen) atoms. The third-order valence-corrected chi connectivity index (χ3v) is 1.59. The van der Waals surface area contributed by atoms with Gasteiger partial charge in [-0.05, 0) is 0 Å². The zero-order valence-electron chi connectivity index (χ0n) is 6.11. The Morgan fingerprint density at radius 3 is 2.42 bits per heavy atom. The summed E-state index contributed by atoms with van der Waals surface area (Å²) in [5, 5.41) is 0.0699. The zero-order valence-corrected chi connectivity index (χ0v) is 6.87. The van der Waals surface area contributed by atoms with Gasteiger partial charge in [0.15, 0.2) is 0 Å². The van der Waals surface area contributed by atoms with Crippen LogP contribution < -0.4 is 4.24 Å². The summed E-state index contributed by atoms with van der Waals surface area (Å²) in [7, 11) is 0. The van der Waals surface area contributed by atoms with E-state index in [0.29, 0.717) is 0 Å². The van der Waals surface area contributed by atoms with Crippen molar-refractivity contribution in [2.75, 3.05) is 0 Å². The molecule has 6 heteroatoms. The molecule has 0 atom stereocenters. The molecule has 0 unspecified atom stereocenters. The fourth-order valence-corrected chi connectivity index (χ4v) is 1.03. The molecule has 0 spiro atoms. The molecular formula is C6H2ClF3LiN. The average molecular weight is 187 g/mol. The van der Waals surface area contributed by atoms with Gasteiger partial charge in [0.25, 0.3) is 0 Å². The van der Waals surface area contributed by atoms with Gasteiger partial charge in [-0.3, -0.25) is 0 Å². The number of halogens is 4. The molecule has 1 nitrogen and oxygen atoms in total. The van der Waals surface area contributed by atoms with Crippen molar-refractivity contribution in [3.8, 4) is 0 Å². The molecule has 0 saturated heterocycles. The van der Waals surface area contributed by atoms with Gasteiger partial charge in [0.05, 0.1) is 0 Å². The van der Waals surface area contributed by atoms with Crippen molar-refractivity contribution in [1.29, 1.82) is 0 Å².